The molecule has 1 rings (SSSR count). The van der Waals surface area contributed by atoms with Gasteiger partial charge < -0.3 is 15.2 Å². The number of rotatable bonds is 9. The maximum atomic E-state index is 6.05. The van der Waals surface area contributed by atoms with Crippen LogP contribution in [0.25, 0.3) is 0 Å². The summed E-state index contributed by atoms with van der Waals surface area (Å²) in [4.78, 5) is 0. The fraction of sp³-hybridized carbons (Fsp3) is 0.571. The van der Waals surface area contributed by atoms with Crippen LogP contribution in [0.5, 0.6) is 0 Å². The lowest BCUT2D eigenvalue weighted by Crippen LogP contribution is -2.24. The molecule has 18 heavy (non-hydrogen) atoms. The number of methoxy groups -OCH3 is 1. The highest BCUT2D eigenvalue weighted by molar-refractivity contribution is 6.30. The summed E-state index contributed by atoms with van der Waals surface area (Å²) in [6.07, 6.45) is 2.66. The molecule has 102 valence electrons. The van der Waals surface area contributed by atoms with E-state index in [-0.39, 0.29) is 6.04 Å². The number of nitrogens with two attached hydrogens (primary N) is 1. The molecular formula is C14H22ClNO2. The van der Waals surface area contributed by atoms with Crippen molar-refractivity contribution in [3.05, 3.63) is 34.9 Å². The Morgan fingerprint density at radius 1 is 1.17 bits per heavy atom. The molecule has 1 unspecified atom stereocenters. The standard InChI is InChI=1S/C14H22ClNO2/c1-17-8-2-9-18-10-7-14(16)11-12-3-5-13(15)6-4-12/h3-6,14H,2,7-11,16H2,1H3. The second-order valence-electron chi connectivity index (χ2n) is 4.34. The van der Waals surface area contributed by atoms with E-state index < -0.39 is 0 Å². The number of benzene rings is 1. The van der Waals surface area contributed by atoms with Gasteiger partial charge in [0.15, 0.2) is 0 Å². The molecule has 0 amide bonds. The maximum Gasteiger partial charge on any atom is 0.0487 e. The molecule has 4 heteroatoms. The average molecular weight is 272 g/mol. The van der Waals surface area contributed by atoms with Crippen molar-refractivity contribution < 1.29 is 9.47 Å². The Morgan fingerprint density at radius 3 is 2.56 bits per heavy atom. The van der Waals surface area contributed by atoms with E-state index in [0.29, 0.717) is 6.61 Å². The number of hydrogen-bond acceptors (Lipinski definition) is 3. The molecule has 0 aliphatic carbocycles. The summed E-state index contributed by atoms with van der Waals surface area (Å²) in [5.74, 6) is 0. The van der Waals surface area contributed by atoms with Crippen LogP contribution in [-0.4, -0.2) is 33.0 Å². The molecular weight excluding hydrogens is 250 g/mol. The average Bonchev–Trinajstić information content (AvgIpc) is 2.36. The van der Waals surface area contributed by atoms with Gasteiger partial charge in [-0.1, -0.05) is 23.7 Å². The molecule has 0 heterocycles. The summed E-state index contributed by atoms with van der Waals surface area (Å²) >= 11 is 5.83. The van der Waals surface area contributed by atoms with Crippen LogP contribution in [0.1, 0.15) is 18.4 Å². The van der Waals surface area contributed by atoms with E-state index in [2.05, 4.69) is 0 Å². The van der Waals surface area contributed by atoms with Gasteiger partial charge in [-0.25, -0.2) is 0 Å². The Balaban J connectivity index is 2.10. The third-order valence-electron chi connectivity index (χ3n) is 2.68. The first-order valence-corrected chi connectivity index (χ1v) is 6.67. The quantitative estimate of drug-likeness (QED) is 0.703. The summed E-state index contributed by atoms with van der Waals surface area (Å²) in [5, 5.41) is 0.758. The van der Waals surface area contributed by atoms with Gasteiger partial charge in [-0.2, -0.15) is 0 Å². The zero-order valence-electron chi connectivity index (χ0n) is 10.9. The van der Waals surface area contributed by atoms with Crippen LogP contribution in [0, 0.1) is 0 Å². The Labute approximate surface area is 114 Å². The summed E-state index contributed by atoms with van der Waals surface area (Å²) in [5.41, 5.74) is 7.26. The topological polar surface area (TPSA) is 44.5 Å². The van der Waals surface area contributed by atoms with Gasteiger partial charge in [-0.3, -0.25) is 0 Å². The van der Waals surface area contributed by atoms with Crippen molar-refractivity contribution in [2.75, 3.05) is 26.9 Å². The van der Waals surface area contributed by atoms with Crippen molar-refractivity contribution in [3.8, 4) is 0 Å². The van der Waals surface area contributed by atoms with E-state index in [9.17, 15) is 0 Å². The Morgan fingerprint density at radius 2 is 1.89 bits per heavy atom. The second kappa shape index (κ2) is 9.34. The van der Waals surface area contributed by atoms with Crippen LogP contribution in [0.2, 0.25) is 5.02 Å². The second-order valence-corrected chi connectivity index (χ2v) is 4.77. The van der Waals surface area contributed by atoms with E-state index in [1.54, 1.807) is 7.11 Å². The predicted molar refractivity (Wildman–Crippen MR) is 75.1 cm³/mol. The predicted octanol–water partition coefficient (Wildman–Crippen LogP) is 2.65. The first-order chi connectivity index (χ1) is 8.72. The van der Waals surface area contributed by atoms with E-state index in [1.807, 2.05) is 24.3 Å². The lowest BCUT2D eigenvalue weighted by atomic mass is 10.0. The van der Waals surface area contributed by atoms with Crippen molar-refractivity contribution in [2.24, 2.45) is 5.73 Å². The molecule has 0 aliphatic heterocycles. The molecule has 1 aromatic carbocycles. The lowest BCUT2D eigenvalue weighted by molar-refractivity contribution is 0.0984. The minimum atomic E-state index is 0.133. The molecule has 0 radical (unpaired) electrons. The van der Waals surface area contributed by atoms with Crippen LogP contribution >= 0.6 is 11.6 Å². The molecule has 0 aliphatic rings. The van der Waals surface area contributed by atoms with Crippen molar-refractivity contribution >= 4 is 11.6 Å². The van der Waals surface area contributed by atoms with Crippen LogP contribution in [0.4, 0.5) is 0 Å². The Bertz CT molecular complexity index is 316. The molecule has 0 fully saturated rings. The zero-order chi connectivity index (χ0) is 13.2. The normalized spacial score (nSPS) is 12.6. The van der Waals surface area contributed by atoms with E-state index in [0.717, 1.165) is 37.5 Å². The number of ether oxygens (including phenoxy) is 2. The third kappa shape index (κ3) is 6.97. The van der Waals surface area contributed by atoms with Crippen LogP contribution < -0.4 is 5.73 Å². The summed E-state index contributed by atoms with van der Waals surface area (Å²) in [6.45, 7) is 2.19. The summed E-state index contributed by atoms with van der Waals surface area (Å²) in [7, 11) is 1.70. The first-order valence-electron chi connectivity index (χ1n) is 6.29. The number of hydrogen-bond donors (Lipinski definition) is 1. The smallest absolute Gasteiger partial charge is 0.0487 e. The molecule has 1 atom stereocenters. The van der Waals surface area contributed by atoms with Gasteiger partial charge in [0.2, 0.25) is 0 Å². The Hall–Kier alpha value is -0.610. The minimum absolute atomic E-state index is 0.133. The molecule has 0 aromatic heterocycles. The molecule has 0 bridgehead atoms. The zero-order valence-corrected chi connectivity index (χ0v) is 11.7. The van der Waals surface area contributed by atoms with E-state index >= 15 is 0 Å². The summed E-state index contributed by atoms with van der Waals surface area (Å²) in [6, 6.07) is 7.95. The van der Waals surface area contributed by atoms with Crippen molar-refractivity contribution in [1.29, 1.82) is 0 Å². The number of halogens is 1. The Kier molecular flexibility index (Phi) is 8.01. The maximum absolute atomic E-state index is 6.05. The molecule has 0 saturated heterocycles. The van der Waals surface area contributed by atoms with Crippen molar-refractivity contribution in [3.63, 3.8) is 0 Å². The van der Waals surface area contributed by atoms with E-state index in [4.69, 9.17) is 26.8 Å². The summed E-state index contributed by atoms with van der Waals surface area (Å²) < 4.78 is 10.4. The van der Waals surface area contributed by atoms with Crippen LogP contribution in [0.15, 0.2) is 24.3 Å². The fourth-order valence-corrected chi connectivity index (χ4v) is 1.79. The van der Waals surface area contributed by atoms with E-state index in [1.165, 1.54) is 5.56 Å². The first kappa shape index (κ1) is 15.4. The SMILES string of the molecule is COCCCOCCC(N)Cc1ccc(Cl)cc1. The van der Waals surface area contributed by atoms with Gasteiger partial charge in [0, 0.05) is 38.0 Å². The van der Waals surface area contributed by atoms with Gasteiger partial charge >= 0.3 is 0 Å². The van der Waals surface area contributed by atoms with Crippen molar-refractivity contribution in [1.82, 2.24) is 0 Å². The highest BCUT2D eigenvalue weighted by Gasteiger charge is 2.04. The molecule has 0 spiro atoms. The van der Waals surface area contributed by atoms with Gasteiger partial charge in [0.05, 0.1) is 0 Å². The van der Waals surface area contributed by atoms with Crippen LogP contribution in [-0.2, 0) is 15.9 Å². The van der Waals surface area contributed by atoms with Gasteiger partial charge in [0.1, 0.15) is 0 Å². The highest BCUT2D eigenvalue weighted by atomic mass is 35.5. The minimum Gasteiger partial charge on any atom is -0.385 e. The lowest BCUT2D eigenvalue weighted by Gasteiger charge is -2.12. The van der Waals surface area contributed by atoms with Crippen molar-refractivity contribution in [2.45, 2.75) is 25.3 Å². The molecule has 3 nitrogen and oxygen atoms in total. The molecule has 1 aromatic rings. The van der Waals surface area contributed by atoms with Gasteiger partial charge in [-0.05, 0) is 37.0 Å². The van der Waals surface area contributed by atoms with Crippen LogP contribution in [0.3, 0.4) is 0 Å². The highest BCUT2D eigenvalue weighted by Crippen LogP contribution is 2.11. The monoisotopic (exact) mass is 271 g/mol. The fourth-order valence-electron chi connectivity index (χ4n) is 1.67. The molecule has 0 saturated carbocycles. The van der Waals surface area contributed by atoms with Gasteiger partial charge in [0.25, 0.3) is 0 Å². The van der Waals surface area contributed by atoms with Gasteiger partial charge in [-0.15, -0.1) is 0 Å². The third-order valence-corrected chi connectivity index (χ3v) is 2.93. The molecule has 2 N–H and O–H groups in total. The largest absolute Gasteiger partial charge is 0.385 e.